The van der Waals surface area contributed by atoms with E-state index in [9.17, 15) is 0 Å². The van der Waals surface area contributed by atoms with Crippen LogP contribution in [0.15, 0.2) is 116 Å². The van der Waals surface area contributed by atoms with Gasteiger partial charge in [-0.1, -0.05) is 91.0 Å². The molecule has 33 heavy (non-hydrogen) atoms. The first-order valence-corrected chi connectivity index (χ1v) is 10.8. The summed E-state index contributed by atoms with van der Waals surface area (Å²) in [5, 5.41) is 0. The van der Waals surface area contributed by atoms with Crippen LogP contribution in [0, 0.1) is 0 Å². The first-order valence-electron chi connectivity index (χ1n) is 10.8. The highest BCUT2D eigenvalue weighted by atomic mass is 15.0. The highest BCUT2D eigenvalue weighted by Gasteiger charge is 2.16. The van der Waals surface area contributed by atoms with E-state index in [2.05, 4.69) is 6.07 Å². The Hall–Kier alpha value is -4.64. The van der Waals surface area contributed by atoms with Crippen molar-refractivity contribution in [2.75, 3.05) is 0 Å². The van der Waals surface area contributed by atoms with Gasteiger partial charge in [0.25, 0.3) is 0 Å². The SMILES string of the molecule is c1ccc(-c2nc(-c3ccccc3)nc(-c3ccccc3-c3cn4ccccc4n3)n2)cc1. The van der Waals surface area contributed by atoms with Crippen LogP contribution in [-0.2, 0) is 0 Å². The first-order chi connectivity index (χ1) is 16.3. The van der Waals surface area contributed by atoms with Gasteiger partial charge >= 0.3 is 0 Å². The third-order valence-electron chi connectivity index (χ3n) is 5.51. The summed E-state index contributed by atoms with van der Waals surface area (Å²) in [6.45, 7) is 0. The van der Waals surface area contributed by atoms with Crippen LogP contribution in [0.25, 0.3) is 51.1 Å². The fraction of sp³-hybridized carbons (Fsp3) is 0. The monoisotopic (exact) mass is 425 g/mol. The van der Waals surface area contributed by atoms with Crippen LogP contribution >= 0.6 is 0 Å². The molecular formula is C28H19N5. The van der Waals surface area contributed by atoms with Gasteiger partial charge in [-0.3, -0.25) is 0 Å². The Morgan fingerprint density at radius 1 is 0.455 bits per heavy atom. The number of rotatable bonds is 4. The minimum absolute atomic E-state index is 0.621. The number of fused-ring (bicyclic) bond motifs is 1. The van der Waals surface area contributed by atoms with Crippen molar-refractivity contribution < 1.29 is 0 Å². The number of pyridine rings is 1. The molecule has 0 bridgehead atoms. The molecule has 0 spiro atoms. The maximum atomic E-state index is 4.88. The van der Waals surface area contributed by atoms with E-state index in [0.717, 1.165) is 33.6 Å². The van der Waals surface area contributed by atoms with E-state index in [1.54, 1.807) is 0 Å². The number of hydrogen-bond donors (Lipinski definition) is 0. The fourth-order valence-electron chi connectivity index (χ4n) is 3.89. The van der Waals surface area contributed by atoms with Crippen LogP contribution in [0.1, 0.15) is 0 Å². The van der Waals surface area contributed by atoms with Crippen molar-refractivity contribution in [1.29, 1.82) is 0 Å². The van der Waals surface area contributed by atoms with Gasteiger partial charge in [0, 0.05) is 34.6 Å². The molecule has 0 atom stereocenters. The average Bonchev–Trinajstić information content (AvgIpc) is 3.34. The van der Waals surface area contributed by atoms with Gasteiger partial charge in [0.15, 0.2) is 17.5 Å². The highest BCUT2D eigenvalue weighted by Crippen LogP contribution is 2.32. The molecule has 0 fully saturated rings. The molecule has 0 aliphatic heterocycles. The minimum Gasteiger partial charge on any atom is -0.306 e. The lowest BCUT2D eigenvalue weighted by Crippen LogP contribution is -2.01. The van der Waals surface area contributed by atoms with Crippen LogP contribution in [0.3, 0.4) is 0 Å². The zero-order valence-electron chi connectivity index (χ0n) is 17.7. The average molecular weight is 425 g/mol. The molecule has 3 heterocycles. The molecule has 0 saturated heterocycles. The third kappa shape index (κ3) is 3.66. The number of hydrogen-bond acceptors (Lipinski definition) is 4. The van der Waals surface area contributed by atoms with Crippen molar-refractivity contribution in [2.24, 2.45) is 0 Å². The second-order valence-electron chi connectivity index (χ2n) is 7.68. The van der Waals surface area contributed by atoms with E-state index in [-0.39, 0.29) is 0 Å². The van der Waals surface area contributed by atoms with Crippen molar-refractivity contribution in [2.45, 2.75) is 0 Å². The fourth-order valence-corrected chi connectivity index (χ4v) is 3.89. The zero-order chi connectivity index (χ0) is 22.0. The Labute approximate surface area is 191 Å². The Bertz CT molecular complexity index is 1470. The summed E-state index contributed by atoms with van der Waals surface area (Å²) < 4.78 is 2.02. The van der Waals surface area contributed by atoms with E-state index in [1.807, 2.05) is 114 Å². The lowest BCUT2D eigenvalue weighted by Gasteiger charge is -2.10. The van der Waals surface area contributed by atoms with Gasteiger partial charge in [0.05, 0.1) is 5.69 Å². The molecule has 0 saturated carbocycles. The summed E-state index contributed by atoms with van der Waals surface area (Å²) in [5.41, 5.74) is 5.56. The smallest absolute Gasteiger partial charge is 0.164 e. The van der Waals surface area contributed by atoms with Crippen molar-refractivity contribution >= 4 is 5.65 Å². The van der Waals surface area contributed by atoms with Crippen molar-refractivity contribution in [1.82, 2.24) is 24.3 Å². The van der Waals surface area contributed by atoms with Gasteiger partial charge in [-0.25, -0.2) is 19.9 Å². The van der Waals surface area contributed by atoms with Gasteiger partial charge in [-0.05, 0) is 12.1 Å². The lowest BCUT2D eigenvalue weighted by atomic mass is 10.0. The van der Waals surface area contributed by atoms with Gasteiger partial charge in [-0.2, -0.15) is 0 Å². The van der Waals surface area contributed by atoms with Gasteiger partial charge in [0.1, 0.15) is 5.65 Å². The maximum absolute atomic E-state index is 4.88. The molecule has 5 nitrogen and oxygen atoms in total. The third-order valence-corrected chi connectivity index (χ3v) is 5.51. The molecule has 0 unspecified atom stereocenters. The molecule has 156 valence electrons. The van der Waals surface area contributed by atoms with Crippen LogP contribution < -0.4 is 0 Å². The number of aromatic nitrogens is 5. The van der Waals surface area contributed by atoms with Crippen molar-refractivity contribution in [3.05, 3.63) is 116 Å². The molecular weight excluding hydrogens is 406 g/mol. The molecule has 0 radical (unpaired) electrons. The summed E-state index contributed by atoms with van der Waals surface area (Å²) in [4.78, 5) is 19.4. The van der Waals surface area contributed by atoms with Crippen molar-refractivity contribution in [3.8, 4) is 45.4 Å². The predicted octanol–water partition coefficient (Wildman–Crippen LogP) is 6.19. The molecule has 6 rings (SSSR count). The van der Waals surface area contributed by atoms with Gasteiger partial charge in [-0.15, -0.1) is 0 Å². The van der Waals surface area contributed by atoms with Crippen LogP contribution in [0.4, 0.5) is 0 Å². The molecule has 3 aromatic carbocycles. The number of benzene rings is 3. The van der Waals surface area contributed by atoms with Gasteiger partial charge < -0.3 is 4.40 Å². The quantitative estimate of drug-likeness (QED) is 0.338. The standard InChI is InChI=1S/C28H19N5/c1-3-11-20(12-4-1)26-30-27(21-13-5-2-6-14-21)32-28(31-26)23-16-8-7-15-22(23)24-19-33-18-10-9-17-25(33)29-24/h1-19H. The predicted molar refractivity (Wildman–Crippen MR) is 130 cm³/mol. The summed E-state index contributed by atoms with van der Waals surface area (Å²) in [7, 11) is 0. The molecule has 3 aromatic heterocycles. The Morgan fingerprint density at radius 3 is 1.64 bits per heavy atom. The molecule has 0 aliphatic rings. The van der Waals surface area contributed by atoms with E-state index >= 15 is 0 Å². The topological polar surface area (TPSA) is 56.0 Å². The Balaban J connectivity index is 1.57. The largest absolute Gasteiger partial charge is 0.306 e. The lowest BCUT2D eigenvalue weighted by molar-refractivity contribution is 1.07. The second-order valence-corrected chi connectivity index (χ2v) is 7.68. The van der Waals surface area contributed by atoms with Crippen LogP contribution in [-0.4, -0.2) is 24.3 Å². The first kappa shape index (κ1) is 19.1. The van der Waals surface area contributed by atoms with E-state index in [0.29, 0.717) is 17.5 Å². The van der Waals surface area contributed by atoms with E-state index < -0.39 is 0 Å². The summed E-state index contributed by atoms with van der Waals surface area (Å²) in [5.74, 6) is 1.91. The summed E-state index contributed by atoms with van der Waals surface area (Å²) >= 11 is 0. The highest BCUT2D eigenvalue weighted by molar-refractivity contribution is 5.80. The van der Waals surface area contributed by atoms with E-state index in [1.165, 1.54) is 0 Å². The van der Waals surface area contributed by atoms with Crippen LogP contribution in [0.2, 0.25) is 0 Å². The maximum Gasteiger partial charge on any atom is 0.164 e. The van der Waals surface area contributed by atoms with Crippen molar-refractivity contribution in [3.63, 3.8) is 0 Å². The Morgan fingerprint density at radius 2 is 1.00 bits per heavy atom. The molecule has 0 N–H and O–H groups in total. The second kappa shape index (κ2) is 8.13. The zero-order valence-corrected chi connectivity index (χ0v) is 17.7. The Kier molecular flexibility index (Phi) is 4.70. The molecule has 0 amide bonds. The summed E-state index contributed by atoms with van der Waals surface area (Å²) in [6.07, 6.45) is 4.03. The van der Waals surface area contributed by atoms with E-state index in [4.69, 9.17) is 19.9 Å². The minimum atomic E-state index is 0.621. The number of imidazole rings is 1. The summed E-state index contributed by atoms with van der Waals surface area (Å²) in [6, 6.07) is 34.1. The molecule has 6 aromatic rings. The number of nitrogens with zero attached hydrogens (tertiary/aromatic N) is 5. The van der Waals surface area contributed by atoms with Crippen LogP contribution in [0.5, 0.6) is 0 Å². The van der Waals surface area contributed by atoms with Gasteiger partial charge in [0.2, 0.25) is 0 Å². The molecule has 0 aliphatic carbocycles. The normalized spacial score (nSPS) is 11.0. The molecule has 5 heteroatoms.